The normalized spacial score (nSPS) is 18.4. The lowest BCUT2D eigenvalue weighted by Crippen LogP contribution is -2.50. The van der Waals surface area contributed by atoms with Crippen molar-refractivity contribution in [1.82, 2.24) is 14.8 Å². The standard InChI is InChI=1S/C31H49N3O8S/c1-8-12-28(37)41-18-34(30(38)22(20(5)9-2)15-26(36)24-13-10-11-14-33(24)7)25(19(3)4)16-27(42-21(6)35)29-32-23(17-43-29)31(39)40/h17,19-20,22,24-25,27H,8-16,18H2,1-7H3,(H,39,40)/t20-,22-,24+,25+,27+/m0/s1. The molecule has 0 unspecified atom stereocenters. The molecule has 0 aliphatic carbocycles. The van der Waals surface area contributed by atoms with Gasteiger partial charge in [0.2, 0.25) is 5.91 Å². The largest absolute Gasteiger partial charge is 0.476 e. The minimum absolute atomic E-state index is 0.0339. The number of esters is 2. The van der Waals surface area contributed by atoms with Gasteiger partial charge in [0.15, 0.2) is 24.3 Å². The number of nitrogens with zero attached hydrogens (tertiary/aromatic N) is 3. The van der Waals surface area contributed by atoms with E-state index < -0.39 is 36.0 Å². The van der Waals surface area contributed by atoms with Gasteiger partial charge in [-0.3, -0.25) is 24.1 Å². The quantitative estimate of drug-likeness (QED) is 0.184. The van der Waals surface area contributed by atoms with Crippen molar-refractivity contribution in [1.29, 1.82) is 0 Å². The van der Waals surface area contributed by atoms with Gasteiger partial charge in [-0.2, -0.15) is 0 Å². The first-order valence-corrected chi connectivity index (χ1v) is 16.2. The van der Waals surface area contributed by atoms with Gasteiger partial charge in [0.25, 0.3) is 0 Å². The number of amides is 1. The van der Waals surface area contributed by atoms with Gasteiger partial charge in [-0.15, -0.1) is 11.3 Å². The molecule has 242 valence electrons. The summed E-state index contributed by atoms with van der Waals surface area (Å²) in [6.45, 7) is 11.4. The fourth-order valence-electron chi connectivity index (χ4n) is 5.52. The van der Waals surface area contributed by atoms with Crippen LogP contribution in [0.3, 0.4) is 0 Å². The molecular weight excluding hydrogens is 574 g/mol. The summed E-state index contributed by atoms with van der Waals surface area (Å²) in [4.78, 5) is 71.8. The third kappa shape index (κ3) is 10.7. The topological polar surface area (TPSA) is 143 Å². The summed E-state index contributed by atoms with van der Waals surface area (Å²) in [5.74, 6) is -3.41. The van der Waals surface area contributed by atoms with Gasteiger partial charge in [0.05, 0.1) is 6.04 Å². The van der Waals surface area contributed by atoms with Gasteiger partial charge < -0.3 is 19.5 Å². The lowest BCUT2D eigenvalue weighted by Gasteiger charge is -2.39. The Balaban J connectivity index is 2.48. The fraction of sp³-hybridized carbons (Fsp3) is 0.742. The second-order valence-corrected chi connectivity index (χ2v) is 12.8. The summed E-state index contributed by atoms with van der Waals surface area (Å²) >= 11 is 1.06. The summed E-state index contributed by atoms with van der Waals surface area (Å²) in [6, 6.07) is -0.811. The van der Waals surface area contributed by atoms with E-state index in [1.165, 1.54) is 17.2 Å². The minimum Gasteiger partial charge on any atom is -0.476 e. The number of likely N-dealkylation sites (tertiary alicyclic amines) is 1. The van der Waals surface area contributed by atoms with Crippen LogP contribution in [0.1, 0.15) is 115 Å². The van der Waals surface area contributed by atoms with Crippen molar-refractivity contribution in [3.8, 4) is 0 Å². The molecule has 0 spiro atoms. The monoisotopic (exact) mass is 623 g/mol. The number of aromatic carboxylic acids is 1. The van der Waals surface area contributed by atoms with E-state index in [0.717, 1.165) is 37.1 Å². The van der Waals surface area contributed by atoms with E-state index in [9.17, 15) is 29.1 Å². The zero-order chi connectivity index (χ0) is 32.3. The summed E-state index contributed by atoms with van der Waals surface area (Å²) < 4.78 is 11.2. The van der Waals surface area contributed by atoms with E-state index in [1.807, 2.05) is 41.7 Å². The van der Waals surface area contributed by atoms with Gasteiger partial charge in [-0.05, 0) is 44.7 Å². The van der Waals surface area contributed by atoms with Gasteiger partial charge in [-0.1, -0.05) is 47.5 Å². The van der Waals surface area contributed by atoms with Crippen LogP contribution in [0.2, 0.25) is 0 Å². The Labute approximate surface area is 259 Å². The SMILES string of the molecule is CCCC(=O)OCN(C(=O)[C@@H](CC(=O)[C@H]1CCCCN1C)[C@@H](C)CC)[C@H](C[C@@H](OC(C)=O)c1nc(C(=O)O)cs1)C(C)C. The van der Waals surface area contributed by atoms with Crippen LogP contribution in [0.4, 0.5) is 0 Å². The second-order valence-electron chi connectivity index (χ2n) is 11.9. The van der Waals surface area contributed by atoms with Crippen molar-refractivity contribution >= 4 is 40.9 Å². The van der Waals surface area contributed by atoms with Crippen molar-refractivity contribution in [2.45, 2.75) is 111 Å². The summed E-state index contributed by atoms with van der Waals surface area (Å²) in [6.07, 6.45) is 3.49. The van der Waals surface area contributed by atoms with Crippen LogP contribution in [-0.4, -0.2) is 81.9 Å². The highest BCUT2D eigenvalue weighted by Crippen LogP contribution is 2.33. The molecule has 1 aromatic heterocycles. The van der Waals surface area contributed by atoms with E-state index in [1.54, 1.807) is 0 Å². The number of carbonyl (C=O) groups excluding carboxylic acids is 4. The van der Waals surface area contributed by atoms with E-state index in [-0.39, 0.29) is 61.3 Å². The molecule has 1 fully saturated rings. The lowest BCUT2D eigenvalue weighted by molar-refractivity contribution is -0.161. The van der Waals surface area contributed by atoms with Crippen molar-refractivity contribution in [2.75, 3.05) is 20.3 Å². The molecule has 1 aliphatic heterocycles. The number of thiazole rings is 1. The number of hydrogen-bond donors (Lipinski definition) is 1. The maximum Gasteiger partial charge on any atom is 0.355 e. The van der Waals surface area contributed by atoms with Crippen LogP contribution in [-0.2, 0) is 28.7 Å². The van der Waals surface area contributed by atoms with E-state index in [4.69, 9.17) is 9.47 Å². The number of ether oxygens (including phenoxy) is 2. The number of carboxylic acids is 1. The molecule has 2 heterocycles. The van der Waals surface area contributed by atoms with Gasteiger partial charge in [0.1, 0.15) is 5.01 Å². The third-order valence-corrected chi connectivity index (χ3v) is 9.20. The minimum atomic E-state index is -1.20. The Morgan fingerprint density at radius 2 is 1.86 bits per heavy atom. The third-order valence-electron chi connectivity index (χ3n) is 8.26. The molecule has 1 aliphatic rings. The average Bonchev–Trinajstić information content (AvgIpc) is 3.45. The summed E-state index contributed by atoms with van der Waals surface area (Å²) in [7, 11) is 1.94. The number of piperidine rings is 1. The number of aromatic nitrogens is 1. The Morgan fingerprint density at radius 3 is 2.40 bits per heavy atom. The molecule has 2 rings (SSSR count). The Bertz CT molecular complexity index is 1110. The molecule has 43 heavy (non-hydrogen) atoms. The smallest absolute Gasteiger partial charge is 0.355 e. The fourth-order valence-corrected chi connectivity index (χ4v) is 6.35. The van der Waals surface area contributed by atoms with E-state index in [2.05, 4.69) is 9.88 Å². The van der Waals surface area contributed by atoms with Crippen LogP contribution in [0, 0.1) is 17.8 Å². The molecule has 0 saturated carbocycles. The van der Waals surface area contributed by atoms with Crippen LogP contribution in [0.5, 0.6) is 0 Å². The number of carbonyl (C=O) groups is 5. The zero-order valence-corrected chi connectivity index (χ0v) is 27.5. The van der Waals surface area contributed by atoms with Crippen LogP contribution < -0.4 is 0 Å². The molecule has 1 aromatic rings. The van der Waals surface area contributed by atoms with Gasteiger partial charge in [0, 0.05) is 43.5 Å². The summed E-state index contributed by atoms with van der Waals surface area (Å²) in [5.41, 5.74) is -0.164. The maximum atomic E-state index is 14.5. The number of rotatable bonds is 17. The van der Waals surface area contributed by atoms with Crippen molar-refractivity contribution in [2.24, 2.45) is 17.8 Å². The van der Waals surface area contributed by atoms with Crippen LogP contribution in [0.15, 0.2) is 5.38 Å². The van der Waals surface area contributed by atoms with Crippen molar-refractivity contribution in [3.63, 3.8) is 0 Å². The molecule has 0 aromatic carbocycles. The molecule has 0 radical (unpaired) electrons. The first-order valence-electron chi connectivity index (χ1n) is 15.3. The number of ketones is 1. The Kier molecular flexibility index (Phi) is 14.7. The van der Waals surface area contributed by atoms with Crippen LogP contribution in [0.25, 0.3) is 0 Å². The van der Waals surface area contributed by atoms with Crippen molar-refractivity contribution < 1.29 is 38.6 Å². The van der Waals surface area contributed by atoms with Crippen LogP contribution >= 0.6 is 11.3 Å². The number of likely N-dealkylation sites (N-methyl/N-ethyl adjacent to an activating group) is 1. The zero-order valence-electron chi connectivity index (χ0n) is 26.7. The lowest BCUT2D eigenvalue weighted by atomic mass is 9.82. The number of hydrogen-bond acceptors (Lipinski definition) is 10. The highest BCUT2D eigenvalue weighted by molar-refractivity contribution is 7.09. The van der Waals surface area contributed by atoms with Gasteiger partial charge >= 0.3 is 17.9 Å². The molecular formula is C31H49N3O8S. The highest BCUT2D eigenvalue weighted by atomic mass is 32.1. The first kappa shape index (κ1) is 36.3. The Morgan fingerprint density at radius 1 is 1.16 bits per heavy atom. The number of Topliss-reactive ketones (excluding diaryl/α,β-unsaturated/α-hetero) is 1. The molecule has 11 nitrogen and oxygen atoms in total. The number of carboxylic acid groups (broad SMARTS) is 1. The predicted octanol–water partition coefficient (Wildman–Crippen LogP) is 5.10. The molecule has 0 bridgehead atoms. The van der Waals surface area contributed by atoms with E-state index in [0.29, 0.717) is 17.8 Å². The van der Waals surface area contributed by atoms with E-state index >= 15 is 0 Å². The predicted molar refractivity (Wildman–Crippen MR) is 162 cm³/mol. The van der Waals surface area contributed by atoms with Gasteiger partial charge in [-0.25, -0.2) is 9.78 Å². The van der Waals surface area contributed by atoms with Crippen molar-refractivity contribution in [3.05, 3.63) is 16.1 Å². The highest BCUT2D eigenvalue weighted by Gasteiger charge is 2.39. The summed E-state index contributed by atoms with van der Waals surface area (Å²) in [5, 5.41) is 11.1. The molecule has 5 atom stereocenters. The maximum absolute atomic E-state index is 14.5. The molecule has 1 amide bonds. The molecule has 12 heteroatoms. The molecule has 1 N–H and O–H groups in total. The first-order chi connectivity index (χ1) is 20.3. The molecule has 1 saturated heterocycles. The average molecular weight is 624 g/mol. The second kappa shape index (κ2) is 17.4. The Hall–Kier alpha value is -2.86.